The molecule has 31 aromatic rings. The molecule has 0 aliphatic carbocycles. The van der Waals surface area contributed by atoms with Crippen LogP contribution in [-0.4, -0.2) is 38.2 Å². The molecule has 0 radical (unpaired) electrons. The first-order valence-electron chi connectivity index (χ1n) is 46.7. The minimum atomic E-state index is 0.688. The van der Waals surface area contributed by atoms with Gasteiger partial charge in [0.1, 0.15) is 0 Å². The number of para-hydroxylation sites is 5. The maximum absolute atomic E-state index is 5.43. The number of hydrogen-bond acceptors (Lipinski definition) is 8. The normalized spacial score (nSPS) is 12.1. The van der Waals surface area contributed by atoms with Crippen molar-refractivity contribution in [3.8, 4) is 68.0 Å². The summed E-state index contributed by atoms with van der Waals surface area (Å²) in [6.07, 6.45) is 0. The molecule has 31 rings (SSSR count). The summed E-state index contributed by atoms with van der Waals surface area (Å²) < 4.78 is 19.6. The summed E-state index contributed by atoms with van der Waals surface area (Å²) in [6.45, 7) is 0. The topological polar surface area (TPSA) is 71.3 Å². The van der Waals surface area contributed by atoms with Crippen LogP contribution in [0.15, 0.2) is 449 Å². The SMILES string of the molecule is c1ccc(-c2cc(-n3c4ccccc4c4c(-c5cccc6c5c5ccccc5n6-c5ccccc5)cccc43)cc3c2sc2ccccc23)cc1.c1ccc(-c2nc(-n3c4ccccc4c4c5ccccc5c5c6ccccc6sc5c43)nc3c2ccc2ccccc23)cc1.c1ccc(-c2nc(-n3c4ccccc4c4c5ccccc5c5c6ccccc6sc5c43)nc3c2sc2ccccc23)cc1. The molecule has 21 aromatic carbocycles. The van der Waals surface area contributed by atoms with E-state index < -0.39 is 0 Å². The maximum Gasteiger partial charge on any atom is 0.235 e. The first kappa shape index (κ1) is 78.4. The lowest BCUT2D eigenvalue weighted by Crippen LogP contribution is -2.04. The second-order valence-electron chi connectivity index (χ2n) is 35.6. The Bertz CT molecular complexity index is 10500. The van der Waals surface area contributed by atoms with Gasteiger partial charge in [-0.15, -0.1) is 45.3 Å². The van der Waals surface area contributed by atoms with E-state index in [1.54, 1.807) is 11.3 Å². The molecular formula is C126H74N8S4. The average molecular weight is 1830 g/mol. The van der Waals surface area contributed by atoms with Crippen molar-refractivity contribution >= 4 is 257 Å². The Morgan fingerprint density at radius 3 is 1.05 bits per heavy atom. The van der Waals surface area contributed by atoms with Gasteiger partial charge >= 0.3 is 0 Å². The third-order valence-electron chi connectivity index (χ3n) is 28.1. The van der Waals surface area contributed by atoms with E-state index in [4.69, 9.17) is 19.9 Å². The third-order valence-corrected chi connectivity index (χ3v) is 32.8. The van der Waals surface area contributed by atoms with Crippen molar-refractivity contribution in [3.63, 3.8) is 0 Å². The molecule has 0 saturated heterocycles. The van der Waals surface area contributed by atoms with Crippen molar-refractivity contribution in [1.29, 1.82) is 0 Å². The van der Waals surface area contributed by atoms with Gasteiger partial charge in [-0.25, -0.2) is 19.9 Å². The van der Waals surface area contributed by atoms with Crippen LogP contribution in [0.1, 0.15) is 0 Å². The molecule has 12 heteroatoms. The number of thiophene rings is 4. The summed E-state index contributed by atoms with van der Waals surface area (Å²) in [5, 5.41) is 27.4. The highest BCUT2D eigenvalue weighted by Gasteiger charge is 2.30. The highest BCUT2D eigenvalue weighted by Crippen LogP contribution is 2.54. The Morgan fingerprint density at radius 2 is 0.529 bits per heavy atom. The zero-order valence-electron chi connectivity index (χ0n) is 73.9. The lowest BCUT2D eigenvalue weighted by Gasteiger charge is -2.14. The van der Waals surface area contributed by atoms with Gasteiger partial charge in [-0.05, 0) is 135 Å². The molecule has 138 heavy (non-hydrogen) atoms. The fraction of sp³-hybridized carbons (Fsp3) is 0. The molecule has 0 spiro atoms. The van der Waals surface area contributed by atoms with Gasteiger partial charge in [0.2, 0.25) is 11.9 Å². The summed E-state index contributed by atoms with van der Waals surface area (Å²) in [5.41, 5.74) is 22.8. The second-order valence-corrected chi connectivity index (χ2v) is 39.8. The van der Waals surface area contributed by atoms with Crippen LogP contribution in [0.5, 0.6) is 0 Å². The van der Waals surface area contributed by atoms with Crippen LogP contribution < -0.4 is 0 Å². The number of fused-ring (bicyclic) bond motifs is 35. The van der Waals surface area contributed by atoms with Crippen LogP contribution in [0, 0.1) is 0 Å². The van der Waals surface area contributed by atoms with Crippen molar-refractivity contribution in [3.05, 3.63) is 449 Å². The van der Waals surface area contributed by atoms with Crippen molar-refractivity contribution < 1.29 is 0 Å². The Labute approximate surface area is 805 Å². The zero-order chi connectivity index (χ0) is 90.3. The van der Waals surface area contributed by atoms with E-state index in [1.807, 2.05) is 34.0 Å². The summed E-state index contributed by atoms with van der Waals surface area (Å²) in [7, 11) is 0. The van der Waals surface area contributed by atoms with Gasteiger partial charge in [0.15, 0.2) is 0 Å². The van der Waals surface area contributed by atoms with Crippen molar-refractivity contribution in [2.75, 3.05) is 0 Å². The van der Waals surface area contributed by atoms with E-state index in [0.29, 0.717) is 11.9 Å². The van der Waals surface area contributed by atoms with E-state index in [9.17, 15) is 0 Å². The van der Waals surface area contributed by atoms with Crippen LogP contribution >= 0.6 is 45.3 Å². The molecule has 0 saturated carbocycles. The number of hydrogen-bond donors (Lipinski definition) is 0. The van der Waals surface area contributed by atoms with Crippen LogP contribution in [0.2, 0.25) is 0 Å². The van der Waals surface area contributed by atoms with Crippen molar-refractivity contribution in [2.45, 2.75) is 0 Å². The van der Waals surface area contributed by atoms with E-state index in [2.05, 4.69) is 467 Å². The van der Waals surface area contributed by atoms with Gasteiger partial charge in [-0.2, -0.15) is 0 Å². The number of aromatic nitrogens is 8. The molecule has 0 aliphatic heterocycles. The Balaban J connectivity index is 0.000000100. The smallest absolute Gasteiger partial charge is 0.235 e. The maximum atomic E-state index is 5.43. The summed E-state index contributed by atoms with van der Waals surface area (Å²) in [4.78, 5) is 21.7. The molecule has 0 aliphatic rings. The molecule has 0 atom stereocenters. The molecule has 10 aromatic heterocycles. The van der Waals surface area contributed by atoms with Gasteiger partial charge in [-0.1, -0.05) is 358 Å². The predicted molar refractivity (Wildman–Crippen MR) is 591 cm³/mol. The van der Waals surface area contributed by atoms with Crippen LogP contribution in [0.3, 0.4) is 0 Å². The van der Waals surface area contributed by atoms with Crippen LogP contribution in [0.25, 0.3) is 279 Å². The van der Waals surface area contributed by atoms with Crippen molar-refractivity contribution in [2.24, 2.45) is 0 Å². The van der Waals surface area contributed by atoms with Gasteiger partial charge in [0, 0.05) is 143 Å². The minimum absolute atomic E-state index is 0.688. The molecule has 642 valence electrons. The molecule has 0 amide bonds. The second kappa shape index (κ2) is 31.2. The van der Waals surface area contributed by atoms with Gasteiger partial charge in [0.25, 0.3) is 0 Å². The monoisotopic (exact) mass is 1830 g/mol. The first-order chi connectivity index (χ1) is 68.5. The largest absolute Gasteiger partial charge is 0.309 e. The van der Waals surface area contributed by atoms with Crippen LogP contribution in [-0.2, 0) is 0 Å². The predicted octanol–water partition coefficient (Wildman–Crippen LogP) is 35.8. The number of benzene rings is 21. The fourth-order valence-corrected chi connectivity index (χ4v) is 27.2. The van der Waals surface area contributed by atoms with Gasteiger partial charge < -0.3 is 9.13 Å². The van der Waals surface area contributed by atoms with E-state index in [1.165, 1.54) is 207 Å². The standard InChI is InChI=1S/C48H30N2S.C40H23N3S.C38H21N3S2/c1-3-15-31(16-4-1)39-29-33(30-40-34-19-9-12-28-45(34)51-48(39)40)50-42-25-11-8-21-38(42)47-36(23-14-27-44(47)50)35-22-13-26-43-46(35)37-20-7-10-24-41(37)49(43)32-17-5-2-6-18-32;1-2-13-25(14-3-1)36-31-23-22-24-12-4-5-15-26(24)37(31)42-40(41-36)43-32-20-10-8-18-29(32)34-27-16-6-7-17-28(27)35-30-19-9-11-21-33(30)44-39(35)38(34)43;1-2-12-22(13-3-1)33-37-34(27-18-8-11-21-30(27)43-37)40-38(39-33)41-28-19-9-6-16-25(28)31-23-14-4-5-15-24(23)32-26-17-7-10-20-29(26)42-36(32)35(31)41/h1-30H;1-23H;1-21H. The van der Waals surface area contributed by atoms with Gasteiger partial charge in [-0.3, -0.25) is 9.13 Å². The lowest BCUT2D eigenvalue weighted by molar-refractivity contribution is 1.02. The molecule has 0 unspecified atom stereocenters. The summed E-state index contributed by atoms with van der Waals surface area (Å²) >= 11 is 7.38. The molecule has 8 nitrogen and oxygen atoms in total. The molecule has 0 N–H and O–H groups in total. The first-order valence-corrected chi connectivity index (χ1v) is 49.9. The number of nitrogens with zero attached hydrogens (tertiary/aromatic N) is 8. The van der Waals surface area contributed by atoms with E-state index in [-0.39, 0.29) is 0 Å². The Kier molecular flexibility index (Phi) is 17.8. The van der Waals surface area contributed by atoms with Crippen LogP contribution in [0.4, 0.5) is 0 Å². The molecule has 10 heterocycles. The van der Waals surface area contributed by atoms with Crippen molar-refractivity contribution in [1.82, 2.24) is 38.2 Å². The van der Waals surface area contributed by atoms with Gasteiger partial charge in [0.05, 0.1) is 80.7 Å². The summed E-state index contributed by atoms with van der Waals surface area (Å²) in [5.74, 6) is 1.39. The van der Waals surface area contributed by atoms with E-state index >= 15 is 0 Å². The lowest BCUT2D eigenvalue weighted by atomic mass is 9.95. The highest BCUT2D eigenvalue weighted by molar-refractivity contribution is 7.28. The Morgan fingerprint density at radius 1 is 0.174 bits per heavy atom. The number of rotatable bonds is 8. The summed E-state index contributed by atoms with van der Waals surface area (Å²) in [6, 6.07) is 162. The molecule has 0 fully saturated rings. The van der Waals surface area contributed by atoms with E-state index in [0.717, 1.165) is 60.1 Å². The average Bonchev–Trinajstić information content (AvgIpc) is 1.54. The molecular weight excluding hydrogens is 1750 g/mol. The Hall–Kier alpha value is -17.1. The minimum Gasteiger partial charge on any atom is -0.309 e. The third kappa shape index (κ3) is 11.9. The highest BCUT2D eigenvalue weighted by atomic mass is 32.1. The zero-order valence-corrected chi connectivity index (χ0v) is 77.2. The fourth-order valence-electron chi connectivity index (χ4n) is 22.3. The quantitative estimate of drug-likeness (QED) is 0.142. The molecule has 0 bridgehead atoms.